The number of methoxy groups -OCH3 is 1. The summed E-state index contributed by atoms with van der Waals surface area (Å²) in [5.41, 5.74) is 0.994. The van der Waals surface area contributed by atoms with E-state index in [9.17, 15) is 4.79 Å². The van der Waals surface area contributed by atoms with Crippen LogP contribution < -0.4 is 20.8 Å². The highest BCUT2D eigenvalue weighted by Crippen LogP contribution is 2.14. The Kier molecular flexibility index (Phi) is 7.63. The Morgan fingerprint density at radius 2 is 2.33 bits per heavy atom. The first kappa shape index (κ1) is 17.3. The SMILES string of the molecule is COc1cncc(N/C=C(/NC(=O)CCSC)C(=[NH2+])Cl)c1. The molecule has 0 aliphatic rings. The van der Waals surface area contributed by atoms with Crippen molar-refractivity contribution in [2.75, 3.05) is 24.4 Å². The van der Waals surface area contributed by atoms with Crippen molar-refractivity contribution in [1.29, 1.82) is 0 Å². The lowest BCUT2D eigenvalue weighted by Crippen LogP contribution is -2.42. The maximum atomic E-state index is 11.7. The van der Waals surface area contributed by atoms with Crippen LogP contribution in [0, 0.1) is 0 Å². The van der Waals surface area contributed by atoms with Gasteiger partial charge in [0.15, 0.2) is 0 Å². The van der Waals surface area contributed by atoms with Gasteiger partial charge in [-0.25, -0.2) is 5.41 Å². The fourth-order valence-corrected chi connectivity index (χ4v) is 1.83. The van der Waals surface area contributed by atoms with E-state index in [1.807, 2.05) is 6.26 Å². The maximum Gasteiger partial charge on any atom is 0.291 e. The van der Waals surface area contributed by atoms with Crippen LogP contribution in [0.2, 0.25) is 0 Å². The number of nitrogens with two attached hydrogens (primary N) is 1. The molecular weight excluding hydrogens is 312 g/mol. The van der Waals surface area contributed by atoms with E-state index in [1.165, 1.54) is 6.20 Å². The number of ether oxygens (including phenoxy) is 1. The van der Waals surface area contributed by atoms with Crippen LogP contribution in [-0.4, -0.2) is 35.2 Å². The van der Waals surface area contributed by atoms with Gasteiger partial charge < -0.3 is 15.4 Å². The molecule has 114 valence electrons. The number of hydrogen-bond donors (Lipinski definition) is 3. The molecule has 4 N–H and O–H groups in total. The molecule has 0 aliphatic carbocycles. The third kappa shape index (κ3) is 6.50. The normalized spacial score (nSPS) is 10.9. The summed E-state index contributed by atoms with van der Waals surface area (Å²) >= 11 is 7.36. The number of carbonyl (C=O) groups is 1. The number of allylic oxidation sites excluding steroid dienone is 1. The van der Waals surface area contributed by atoms with E-state index in [-0.39, 0.29) is 11.1 Å². The van der Waals surface area contributed by atoms with Gasteiger partial charge >= 0.3 is 0 Å². The number of amides is 1. The van der Waals surface area contributed by atoms with Gasteiger partial charge in [-0.15, -0.1) is 0 Å². The van der Waals surface area contributed by atoms with Crippen LogP contribution in [0.15, 0.2) is 30.4 Å². The Morgan fingerprint density at radius 3 is 2.95 bits per heavy atom. The van der Waals surface area contributed by atoms with Gasteiger partial charge in [-0.2, -0.15) is 11.8 Å². The first-order valence-electron chi connectivity index (χ1n) is 6.09. The monoisotopic (exact) mass is 329 g/mol. The first-order valence-corrected chi connectivity index (χ1v) is 7.86. The van der Waals surface area contributed by atoms with E-state index >= 15 is 0 Å². The van der Waals surface area contributed by atoms with Gasteiger partial charge in [0.2, 0.25) is 5.91 Å². The Bertz CT molecular complexity index is 537. The van der Waals surface area contributed by atoms with Crippen molar-refractivity contribution in [3.05, 3.63) is 30.4 Å². The number of halogens is 1. The Labute approximate surface area is 132 Å². The molecule has 0 saturated heterocycles. The van der Waals surface area contributed by atoms with Crippen molar-refractivity contribution in [3.8, 4) is 5.75 Å². The van der Waals surface area contributed by atoms with Crippen LogP contribution in [-0.2, 0) is 4.79 Å². The van der Waals surface area contributed by atoms with Crippen LogP contribution in [0.4, 0.5) is 5.69 Å². The summed E-state index contributed by atoms with van der Waals surface area (Å²) in [5.74, 6) is 1.20. The quantitative estimate of drug-likeness (QED) is 0.608. The van der Waals surface area contributed by atoms with E-state index in [4.69, 9.17) is 21.7 Å². The summed E-state index contributed by atoms with van der Waals surface area (Å²) in [6.45, 7) is 0. The number of hydrogen-bond acceptors (Lipinski definition) is 5. The molecule has 0 spiro atoms. The standard InChI is InChI=1S/C13H17ClN4O2S/c1-20-10-5-9(6-16-7-10)17-8-11(13(14)15)18-12(19)3-4-21-2/h5-8,15,17H,3-4H2,1-2H3,(H,18,19)/p+1/b11-8+,15-13?. The summed E-state index contributed by atoms with van der Waals surface area (Å²) < 4.78 is 5.07. The lowest BCUT2D eigenvalue weighted by atomic mass is 10.3. The summed E-state index contributed by atoms with van der Waals surface area (Å²) in [7, 11) is 1.55. The van der Waals surface area contributed by atoms with E-state index in [0.717, 1.165) is 5.75 Å². The maximum absolute atomic E-state index is 11.7. The van der Waals surface area contributed by atoms with Gasteiger partial charge in [0, 0.05) is 24.4 Å². The second-order valence-corrected chi connectivity index (χ2v) is 5.35. The number of anilines is 1. The largest absolute Gasteiger partial charge is 0.495 e. The molecule has 1 amide bonds. The van der Waals surface area contributed by atoms with E-state index in [1.54, 1.807) is 37.3 Å². The summed E-state index contributed by atoms with van der Waals surface area (Å²) in [4.78, 5) is 15.7. The molecule has 0 atom stereocenters. The smallest absolute Gasteiger partial charge is 0.291 e. The Balaban J connectivity index is 2.71. The third-order valence-electron chi connectivity index (χ3n) is 2.40. The molecule has 1 aromatic rings. The van der Waals surface area contributed by atoms with Crippen molar-refractivity contribution in [1.82, 2.24) is 10.3 Å². The topological polar surface area (TPSA) is 88.8 Å². The lowest BCUT2D eigenvalue weighted by molar-refractivity contribution is -0.121. The van der Waals surface area contributed by atoms with Crippen LogP contribution >= 0.6 is 23.4 Å². The minimum absolute atomic E-state index is 0.00384. The molecule has 0 saturated carbocycles. The number of pyridine rings is 1. The lowest BCUT2D eigenvalue weighted by Gasteiger charge is -2.07. The summed E-state index contributed by atoms with van der Waals surface area (Å²) in [6.07, 6.45) is 7.03. The minimum Gasteiger partial charge on any atom is -0.495 e. The Hall–Kier alpha value is -1.73. The molecule has 1 heterocycles. The van der Waals surface area contributed by atoms with Gasteiger partial charge in [-0.05, 0) is 17.9 Å². The molecule has 8 heteroatoms. The average Bonchev–Trinajstić information content (AvgIpc) is 2.49. The zero-order valence-corrected chi connectivity index (χ0v) is 13.4. The molecule has 1 aromatic heterocycles. The molecule has 0 radical (unpaired) electrons. The second-order valence-electron chi connectivity index (χ2n) is 3.95. The molecule has 0 fully saturated rings. The molecule has 0 bridgehead atoms. The minimum atomic E-state index is -0.148. The number of aromatic nitrogens is 1. The van der Waals surface area contributed by atoms with Crippen molar-refractivity contribution < 1.29 is 14.9 Å². The summed E-state index contributed by atoms with van der Waals surface area (Å²) in [5, 5.41) is 11.1. The predicted molar refractivity (Wildman–Crippen MR) is 86.4 cm³/mol. The molecule has 21 heavy (non-hydrogen) atoms. The number of carbonyl (C=O) groups excluding carboxylic acids is 1. The van der Waals surface area contributed by atoms with E-state index in [0.29, 0.717) is 23.6 Å². The molecule has 0 aliphatic heterocycles. The van der Waals surface area contributed by atoms with Gasteiger partial charge in [-0.3, -0.25) is 9.78 Å². The fourth-order valence-electron chi connectivity index (χ4n) is 1.34. The van der Waals surface area contributed by atoms with E-state index in [2.05, 4.69) is 15.6 Å². The number of thioether (sulfide) groups is 1. The molecule has 6 nitrogen and oxygen atoms in total. The highest BCUT2D eigenvalue weighted by Gasteiger charge is 2.11. The third-order valence-corrected chi connectivity index (χ3v) is 3.21. The zero-order valence-electron chi connectivity index (χ0n) is 11.9. The average molecular weight is 330 g/mol. The Morgan fingerprint density at radius 1 is 1.57 bits per heavy atom. The molecule has 0 unspecified atom stereocenters. The van der Waals surface area contributed by atoms with Crippen LogP contribution in [0.25, 0.3) is 0 Å². The zero-order chi connectivity index (χ0) is 15.7. The van der Waals surface area contributed by atoms with Gasteiger partial charge in [-0.1, -0.05) is 0 Å². The van der Waals surface area contributed by atoms with Crippen LogP contribution in [0.3, 0.4) is 0 Å². The van der Waals surface area contributed by atoms with Crippen LogP contribution in [0.1, 0.15) is 6.42 Å². The van der Waals surface area contributed by atoms with Crippen LogP contribution in [0.5, 0.6) is 5.75 Å². The number of nitrogens with zero attached hydrogens (tertiary/aromatic N) is 1. The van der Waals surface area contributed by atoms with Gasteiger partial charge in [0.1, 0.15) is 11.4 Å². The highest BCUT2D eigenvalue weighted by molar-refractivity contribution is 7.98. The second kappa shape index (κ2) is 9.25. The molecular formula is C13H18ClN4O2S+. The molecule has 1 rings (SSSR count). The van der Waals surface area contributed by atoms with Crippen molar-refractivity contribution in [3.63, 3.8) is 0 Å². The predicted octanol–water partition coefficient (Wildman–Crippen LogP) is 0.609. The number of nitrogens with one attached hydrogen (secondary N) is 2. The fraction of sp³-hybridized carbons (Fsp3) is 0.308. The summed E-state index contributed by atoms with van der Waals surface area (Å²) in [6, 6.07) is 1.75. The van der Waals surface area contributed by atoms with Crippen molar-refractivity contribution in [2.45, 2.75) is 6.42 Å². The van der Waals surface area contributed by atoms with Gasteiger partial charge in [0.05, 0.1) is 25.2 Å². The van der Waals surface area contributed by atoms with Crippen molar-refractivity contribution >= 4 is 40.1 Å². The molecule has 0 aromatic carbocycles. The number of rotatable bonds is 8. The van der Waals surface area contributed by atoms with E-state index < -0.39 is 0 Å². The van der Waals surface area contributed by atoms with Gasteiger partial charge in [0.25, 0.3) is 5.17 Å². The van der Waals surface area contributed by atoms with Crippen molar-refractivity contribution in [2.24, 2.45) is 0 Å². The highest BCUT2D eigenvalue weighted by atomic mass is 35.5. The first-order chi connectivity index (χ1) is 10.1.